The topological polar surface area (TPSA) is 92.9 Å². The molecule has 1 saturated heterocycles. The normalized spacial score (nSPS) is 18.1. The number of ether oxygens (including phenoxy) is 1. The molecule has 1 unspecified atom stereocenters. The standard InChI is InChI=1S/C13H16N2O5/c1-2-20-12-6-10(5-11(7-12)15(18)19)14-4-3-9(8-14)13(16)17/h5-7,9H,2-4,8H2,1H3,(H,16,17). The van der Waals surface area contributed by atoms with Gasteiger partial charge in [-0.1, -0.05) is 0 Å². The summed E-state index contributed by atoms with van der Waals surface area (Å²) >= 11 is 0. The number of anilines is 1. The Kier molecular flexibility index (Phi) is 4.07. The second kappa shape index (κ2) is 5.77. The van der Waals surface area contributed by atoms with E-state index in [1.165, 1.54) is 12.1 Å². The van der Waals surface area contributed by atoms with Crippen molar-refractivity contribution in [3.8, 4) is 5.75 Å². The fourth-order valence-electron chi connectivity index (χ4n) is 2.30. The molecule has 0 aliphatic carbocycles. The fraction of sp³-hybridized carbons (Fsp3) is 0.462. The van der Waals surface area contributed by atoms with Gasteiger partial charge in [0.05, 0.1) is 23.5 Å². The van der Waals surface area contributed by atoms with E-state index in [9.17, 15) is 14.9 Å². The molecule has 1 fully saturated rings. The Labute approximate surface area is 115 Å². The van der Waals surface area contributed by atoms with Crippen LogP contribution in [0.3, 0.4) is 0 Å². The molecule has 1 aliphatic heterocycles. The number of non-ortho nitro benzene ring substituents is 1. The third-order valence-electron chi connectivity index (χ3n) is 3.30. The van der Waals surface area contributed by atoms with Crippen molar-refractivity contribution >= 4 is 17.3 Å². The van der Waals surface area contributed by atoms with E-state index in [2.05, 4.69) is 0 Å². The number of rotatable bonds is 5. The maximum atomic E-state index is 11.0. The van der Waals surface area contributed by atoms with Crippen molar-refractivity contribution in [1.29, 1.82) is 0 Å². The van der Waals surface area contributed by atoms with Crippen molar-refractivity contribution in [3.05, 3.63) is 28.3 Å². The first-order valence-corrected chi connectivity index (χ1v) is 6.41. The van der Waals surface area contributed by atoms with Crippen LogP contribution in [0.4, 0.5) is 11.4 Å². The molecule has 1 aromatic rings. The van der Waals surface area contributed by atoms with Gasteiger partial charge in [-0.25, -0.2) is 0 Å². The van der Waals surface area contributed by atoms with Crippen molar-refractivity contribution in [2.75, 3.05) is 24.6 Å². The minimum Gasteiger partial charge on any atom is -0.494 e. The predicted octanol–water partition coefficient (Wildman–Crippen LogP) is 1.90. The summed E-state index contributed by atoms with van der Waals surface area (Å²) in [7, 11) is 0. The molecular weight excluding hydrogens is 264 g/mol. The quantitative estimate of drug-likeness (QED) is 0.654. The molecular formula is C13H16N2O5. The first-order chi connectivity index (χ1) is 9.51. The van der Waals surface area contributed by atoms with Crippen molar-refractivity contribution in [1.82, 2.24) is 0 Å². The molecule has 1 N–H and O–H groups in total. The molecule has 1 aromatic carbocycles. The molecule has 0 bridgehead atoms. The highest BCUT2D eigenvalue weighted by Crippen LogP contribution is 2.31. The predicted molar refractivity (Wildman–Crippen MR) is 72.2 cm³/mol. The van der Waals surface area contributed by atoms with E-state index in [1.54, 1.807) is 13.0 Å². The Hall–Kier alpha value is -2.31. The molecule has 20 heavy (non-hydrogen) atoms. The van der Waals surface area contributed by atoms with Gasteiger partial charge in [0.1, 0.15) is 5.75 Å². The van der Waals surface area contributed by atoms with Crippen LogP contribution in [0.15, 0.2) is 18.2 Å². The van der Waals surface area contributed by atoms with Gasteiger partial charge in [0.25, 0.3) is 5.69 Å². The summed E-state index contributed by atoms with van der Waals surface area (Å²) in [5.41, 5.74) is 0.580. The third kappa shape index (κ3) is 2.98. The Morgan fingerprint density at radius 1 is 1.55 bits per heavy atom. The van der Waals surface area contributed by atoms with E-state index < -0.39 is 16.8 Å². The zero-order valence-electron chi connectivity index (χ0n) is 11.1. The molecule has 1 heterocycles. The van der Waals surface area contributed by atoms with Gasteiger partial charge in [-0.05, 0) is 13.3 Å². The summed E-state index contributed by atoms with van der Waals surface area (Å²) in [6, 6.07) is 4.53. The number of carbonyl (C=O) groups is 1. The largest absolute Gasteiger partial charge is 0.494 e. The maximum Gasteiger partial charge on any atom is 0.308 e. The van der Waals surface area contributed by atoms with E-state index in [1.807, 2.05) is 4.90 Å². The zero-order valence-corrected chi connectivity index (χ0v) is 11.1. The molecule has 0 saturated carbocycles. The second-order valence-electron chi connectivity index (χ2n) is 4.65. The Bertz CT molecular complexity index is 531. The van der Waals surface area contributed by atoms with Crippen molar-refractivity contribution in [3.63, 3.8) is 0 Å². The van der Waals surface area contributed by atoms with Gasteiger partial charge in [-0.15, -0.1) is 0 Å². The highest BCUT2D eigenvalue weighted by atomic mass is 16.6. The van der Waals surface area contributed by atoms with Gasteiger partial charge in [-0.2, -0.15) is 0 Å². The van der Waals surface area contributed by atoms with E-state index in [4.69, 9.17) is 9.84 Å². The number of nitro benzene ring substituents is 1. The number of benzene rings is 1. The smallest absolute Gasteiger partial charge is 0.308 e. The first-order valence-electron chi connectivity index (χ1n) is 6.41. The minimum absolute atomic E-state index is 0.0512. The molecule has 1 aliphatic rings. The fourth-order valence-corrected chi connectivity index (χ4v) is 2.30. The van der Waals surface area contributed by atoms with Crippen LogP contribution in [-0.2, 0) is 4.79 Å². The average molecular weight is 280 g/mol. The van der Waals surface area contributed by atoms with Crippen LogP contribution in [0.25, 0.3) is 0 Å². The lowest BCUT2D eigenvalue weighted by Crippen LogP contribution is -2.22. The van der Waals surface area contributed by atoms with Gasteiger partial charge in [0.15, 0.2) is 0 Å². The lowest BCUT2D eigenvalue weighted by Gasteiger charge is -2.18. The van der Waals surface area contributed by atoms with Gasteiger partial charge < -0.3 is 14.7 Å². The van der Waals surface area contributed by atoms with Gasteiger partial charge in [-0.3, -0.25) is 14.9 Å². The molecule has 0 spiro atoms. The number of carboxylic acids is 1. The zero-order chi connectivity index (χ0) is 14.7. The molecule has 108 valence electrons. The van der Waals surface area contributed by atoms with Crippen LogP contribution in [0.2, 0.25) is 0 Å². The number of hydrogen-bond donors (Lipinski definition) is 1. The summed E-state index contributed by atoms with van der Waals surface area (Å²) in [6.45, 7) is 3.15. The van der Waals surface area contributed by atoms with Crippen molar-refractivity contribution in [2.45, 2.75) is 13.3 Å². The minimum atomic E-state index is -0.831. The van der Waals surface area contributed by atoms with Crippen LogP contribution < -0.4 is 9.64 Å². The molecule has 1 atom stereocenters. The monoisotopic (exact) mass is 280 g/mol. The number of carboxylic acid groups (broad SMARTS) is 1. The van der Waals surface area contributed by atoms with Crippen LogP contribution in [0, 0.1) is 16.0 Å². The van der Waals surface area contributed by atoms with E-state index in [0.29, 0.717) is 37.6 Å². The number of hydrogen-bond acceptors (Lipinski definition) is 5. The van der Waals surface area contributed by atoms with E-state index in [0.717, 1.165) is 0 Å². The molecule has 0 radical (unpaired) electrons. The second-order valence-corrected chi connectivity index (χ2v) is 4.65. The summed E-state index contributed by atoms with van der Waals surface area (Å²) in [4.78, 5) is 23.3. The first kappa shape index (κ1) is 14.1. The summed E-state index contributed by atoms with van der Waals surface area (Å²) < 4.78 is 5.32. The van der Waals surface area contributed by atoms with Gasteiger partial charge in [0.2, 0.25) is 0 Å². The van der Waals surface area contributed by atoms with Crippen molar-refractivity contribution < 1.29 is 19.6 Å². The van der Waals surface area contributed by atoms with Crippen LogP contribution in [0.1, 0.15) is 13.3 Å². The highest BCUT2D eigenvalue weighted by Gasteiger charge is 2.29. The number of nitro groups is 1. The SMILES string of the molecule is CCOc1cc(N2CCC(C(=O)O)C2)cc([N+](=O)[O-])c1. The molecule has 2 rings (SSSR count). The number of aliphatic carboxylic acids is 1. The summed E-state index contributed by atoms with van der Waals surface area (Å²) in [5, 5.41) is 19.9. The van der Waals surface area contributed by atoms with Crippen LogP contribution in [-0.4, -0.2) is 35.7 Å². The Morgan fingerprint density at radius 3 is 2.85 bits per heavy atom. The van der Waals surface area contributed by atoms with Crippen LogP contribution in [0.5, 0.6) is 5.75 Å². The maximum absolute atomic E-state index is 11.0. The van der Waals surface area contributed by atoms with Crippen molar-refractivity contribution in [2.24, 2.45) is 5.92 Å². The van der Waals surface area contributed by atoms with E-state index >= 15 is 0 Å². The third-order valence-corrected chi connectivity index (χ3v) is 3.30. The average Bonchev–Trinajstić information content (AvgIpc) is 2.88. The molecule has 7 heteroatoms. The summed E-state index contributed by atoms with van der Waals surface area (Å²) in [6.07, 6.45) is 0.544. The summed E-state index contributed by atoms with van der Waals surface area (Å²) in [5.74, 6) is -0.830. The highest BCUT2D eigenvalue weighted by molar-refractivity contribution is 5.72. The molecule has 0 aromatic heterocycles. The Morgan fingerprint density at radius 2 is 2.30 bits per heavy atom. The number of nitrogens with zero attached hydrogens (tertiary/aromatic N) is 2. The van der Waals surface area contributed by atoms with Crippen LogP contribution >= 0.6 is 0 Å². The molecule has 7 nitrogen and oxygen atoms in total. The Balaban J connectivity index is 2.26. The van der Waals surface area contributed by atoms with Gasteiger partial charge >= 0.3 is 5.97 Å². The lowest BCUT2D eigenvalue weighted by molar-refractivity contribution is -0.384. The van der Waals surface area contributed by atoms with Gasteiger partial charge in [0, 0.05) is 30.9 Å². The molecule has 0 amide bonds. The van der Waals surface area contributed by atoms with E-state index in [-0.39, 0.29) is 5.69 Å². The lowest BCUT2D eigenvalue weighted by atomic mass is 10.1.